The van der Waals surface area contributed by atoms with Gasteiger partial charge in [-0.1, -0.05) is 32.1 Å². The summed E-state index contributed by atoms with van der Waals surface area (Å²) >= 11 is 0. The Kier molecular flexibility index (Phi) is 5.47. The molecule has 0 atom stereocenters. The number of hydrogen-bond acceptors (Lipinski definition) is 4. The molecular weight excluding hydrogens is 256 g/mol. The Bertz CT molecular complexity index is 583. The fourth-order valence-corrected chi connectivity index (χ4v) is 1.55. The molecule has 0 heterocycles. The summed E-state index contributed by atoms with van der Waals surface area (Å²) in [6, 6.07) is 8.66. The average molecular weight is 274 g/mol. The van der Waals surface area contributed by atoms with Gasteiger partial charge in [-0.25, -0.2) is 0 Å². The number of benzene rings is 2. The monoisotopic (exact) mass is 274 g/mol. The van der Waals surface area contributed by atoms with Gasteiger partial charge in [0.15, 0.2) is 11.5 Å². The quantitative estimate of drug-likeness (QED) is 0.497. The van der Waals surface area contributed by atoms with Crippen LogP contribution in [0.4, 0.5) is 0 Å². The van der Waals surface area contributed by atoms with Gasteiger partial charge < -0.3 is 20.4 Å². The molecule has 0 spiro atoms. The Morgan fingerprint density at radius 2 is 1.20 bits per heavy atom. The van der Waals surface area contributed by atoms with Gasteiger partial charge in [-0.15, -0.1) is 0 Å². The van der Waals surface area contributed by atoms with E-state index in [4.69, 9.17) is 5.11 Å². The van der Waals surface area contributed by atoms with Crippen LogP contribution in [-0.2, 0) is 0 Å². The van der Waals surface area contributed by atoms with Crippen LogP contribution in [0.1, 0.15) is 25.0 Å². The number of aromatic hydroxyl groups is 4. The zero-order chi connectivity index (χ0) is 15.1. The number of phenolic OH excluding ortho intramolecular Hbond substituents is 4. The minimum Gasteiger partial charge on any atom is -0.508 e. The zero-order valence-corrected chi connectivity index (χ0v) is 11.4. The third-order valence-electron chi connectivity index (χ3n) is 2.39. The summed E-state index contributed by atoms with van der Waals surface area (Å²) in [5.74, 6) is -0.426. The van der Waals surface area contributed by atoms with E-state index < -0.39 is 0 Å². The third kappa shape index (κ3) is 4.24. The highest BCUT2D eigenvalue weighted by atomic mass is 16.3. The van der Waals surface area contributed by atoms with E-state index in [9.17, 15) is 15.3 Å². The standard InChI is InChI=1S/C14H12O4.C2H6/c15-11-5-10(6-12(16)8-11)2-1-9-3-4-13(17)14(18)7-9;1-2/h1-8,15-18H;1-2H3/b2-1+;. The maximum Gasteiger partial charge on any atom is 0.157 e. The van der Waals surface area contributed by atoms with Crippen molar-refractivity contribution in [1.29, 1.82) is 0 Å². The van der Waals surface area contributed by atoms with Gasteiger partial charge in [-0.2, -0.15) is 0 Å². The smallest absolute Gasteiger partial charge is 0.157 e. The SMILES string of the molecule is CC.Oc1cc(O)cc(/C=C/c2ccc(O)c(O)c2)c1. The molecule has 2 aromatic carbocycles. The number of hydrogen-bond donors (Lipinski definition) is 4. The number of rotatable bonds is 2. The van der Waals surface area contributed by atoms with Gasteiger partial charge in [0.2, 0.25) is 0 Å². The lowest BCUT2D eigenvalue weighted by Crippen LogP contribution is -1.75. The molecule has 2 rings (SSSR count). The van der Waals surface area contributed by atoms with Crippen LogP contribution in [-0.4, -0.2) is 20.4 Å². The van der Waals surface area contributed by atoms with E-state index in [1.807, 2.05) is 13.8 Å². The molecule has 0 radical (unpaired) electrons. The molecule has 4 nitrogen and oxygen atoms in total. The zero-order valence-electron chi connectivity index (χ0n) is 11.4. The molecule has 2 aromatic rings. The van der Waals surface area contributed by atoms with Crippen molar-refractivity contribution < 1.29 is 20.4 Å². The number of phenols is 4. The van der Waals surface area contributed by atoms with Gasteiger partial charge in [0.1, 0.15) is 11.5 Å². The van der Waals surface area contributed by atoms with E-state index in [0.29, 0.717) is 11.1 Å². The van der Waals surface area contributed by atoms with Crippen molar-refractivity contribution in [3.8, 4) is 23.0 Å². The van der Waals surface area contributed by atoms with Crippen LogP contribution in [0, 0.1) is 0 Å². The van der Waals surface area contributed by atoms with Crippen molar-refractivity contribution in [2.24, 2.45) is 0 Å². The molecule has 0 saturated carbocycles. The largest absolute Gasteiger partial charge is 0.508 e. The van der Waals surface area contributed by atoms with Crippen LogP contribution < -0.4 is 0 Å². The fourth-order valence-electron chi connectivity index (χ4n) is 1.55. The van der Waals surface area contributed by atoms with Crippen molar-refractivity contribution in [3.05, 3.63) is 47.5 Å². The fraction of sp³-hybridized carbons (Fsp3) is 0.125. The topological polar surface area (TPSA) is 80.9 Å². The van der Waals surface area contributed by atoms with Crippen LogP contribution in [0.15, 0.2) is 36.4 Å². The Morgan fingerprint density at radius 1 is 0.650 bits per heavy atom. The van der Waals surface area contributed by atoms with Crippen molar-refractivity contribution in [2.75, 3.05) is 0 Å². The first-order valence-corrected chi connectivity index (χ1v) is 6.28. The highest BCUT2D eigenvalue weighted by Gasteiger charge is 1.99. The minimum atomic E-state index is -0.198. The maximum atomic E-state index is 9.32. The molecule has 0 bridgehead atoms. The lowest BCUT2D eigenvalue weighted by molar-refractivity contribution is 0.403. The first kappa shape index (κ1) is 15.4. The highest BCUT2D eigenvalue weighted by molar-refractivity contribution is 5.72. The van der Waals surface area contributed by atoms with Gasteiger partial charge in [-0.3, -0.25) is 0 Å². The van der Waals surface area contributed by atoms with Crippen LogP contribution in [0.3, 0.4) is 0 Å². The first-order chi connectivity index (χ1) is 9.54. The molecule has 20 heavy (non-hydrogen) atoms. The molecule has 106 valence electrons. The molecule has 4 heteroatoms. The summed E-state index contributed by atoms with van der Waals surface area (Å²) < 4.78 is 0. The van der Waals surface area contributed by atoms with Crippen molar-refractivity contribution in [3.63, 3.8) is 0 Å². The van der Waals surface area contributed by atoms with E-state index in [1.54, 1.807) is 18.2 Å². The lowest BCUT2D eigenvalue weighted by atomic mass is 10.1. The van der Waals surface area contributed by atoms with Gasteiger partial charge in [0.05, 0.1) is 0 Å². The van der Waals surface area contributed by atoms with E-state index >= 15 is 0 Å². The van der Waals surface area contributed by atoms with Crippen molar-refractivity contribution in [1.82, 2.24) is 0 Å². The molecule has 0 aliphatic heterocycles. The van der Waals surface area contributed by atoms with Crippen LogP contribution in [0.2, 0.25) is 0 Å². The Balaban J connectivity index is 0.000000956. The summed E-state index contributed by atoms with van der Waals surface area (Å²) in [6.07, 6.45) is 3.36. The predicted octanol–water partition coefficient (Wildman–Crippen LogP) is 3.71. The second-order valence-electron chi connectivity index (χ2n) is 3.86. The minimum absolute atomic E-state index is 0.0248. The summed E-state index contributed by atoms with van der Waals surface area (Å²) in [7, 11) is 0. The Hall–Kier alpha value is -2.62. The van der Waals surface area contributed by atoms with Crippen molar-refractivity contribution in [2.45, 2.75) is 13.8 Å². The molecule has 0 saturated heterocycles. The molecule has 0 aliphatic carbocycles. The first-order valence-electron chi connectivity index (χ1n) is 6.28. The molecule has 0 fully saturated rings. The van der Waals surface area contributed by atoms with E-state index in [0.717, 1.165) is 0 Å². The second kappa shape index (κ2) is 7.09. The van der Waals surface area contributed by atoms with Crippen LogP contribution in [0.25, 0.3) is 12.2 Å². The second-order valence-corrected chi connectivity index (χ2v) is 3.86. The van der Waals surface area contributed by atoms with Gasteiger partial charge in [0, 0.05) is 6.07 Å². The van der Waals surface area contributed by atoms with Crippen LogP contribution in [0.5, 0.6) is 23.0 Å². The molecule has 0 unspecified atom stereocenters. The molecule has 0 aliphatic rings. The summed E-state index contributed by atoms with van der Waals surface area (Å²) in [5.41, 5.74) is 1.31. The van der Waals surface area contributed by atoms with E-state index in [1.165, 1.54) is 30.3 Å². The van der Waals surface area contributed by atoms with E-state index in [2.05, 4.69) is 0 Å². The van der Waals surface area contributed by atoms with Crippen molar-refractivity contribution >= 4 is 12.2 Å². The lowest BCUT2D eigenvalue weighted by Gasteiger charge is -2.00. The molecular formula is C16H18O4. The summed E-state index contributed by atoms with van der Waals surface area (Å²) in [5, 5.41) is 37.1. The summed E-state index contributed by atoms with van der Waals surface area (Å²) in [4.78, 5) is 0. The predicted molar refractivity (Wildman–Crippen MR) is 79.8 cm³/mol. The summed E-state index contributed by atoms with van der Waals surface area (Å²) in [6.45, 7) is 4.00. The maximum absolute atomic E-state index is 9.32. The van der Waals surface area contributed by atoms with Gasteiger partial charge in [-0.05, 0) is 35.4 Å². The third-order valence-corrected chi connectivity index (χ3v) is 2.39. The molecule has 0 aromatic heterocycles. The molecule has 0 amide bonds. The average Bonchev–Trinajstić information content (AvgIpc) is 2.41. The van der Waals surface area contributed by atoms with E-state index in [-0.39, 0.29) is 23.0 Å². The normalized spacial score (nSPS) is 10.1. The van der Waals surface area contributed by atoms with Crippen LogP contribution >= 0.6 is 0 Å². The van der Waals surface area contributed by atoms with Gasteiger partial charge >= 0.3 is 0 Å². The van der Waals surface area contributed by atoms with Gasteiger partial charge in [0.25, 0.3) is 0 Å². The highest BCUT2D eigenvalue weighted by Crippen LogP contribution is 2.26. The molecule has 4 N–H and O–H groups in total. The Labute approximate surface area is 117 Å². The Morgan fingerprint density at radius 3 is 1.75 bits per heavy atom.